The molecule has 1 aromatic rings. The molecule has 0 unspecified atom stereocenters. The molecule has 4 nitrogen and oxygen atoms in total. The number of anilines is 1. The molecule has 0 saturated heterocycles. The van der Waals surface area contributed by atoms with E-state index in [1.54, 1.807) is 6.92 Å². The number of nitrogens with one attached hydrogen (secondary N) is 1. The van der Waals surface area contributed by atoms with Crippen LogP contribution in [0.25, 0.3) is 0 Å². The number of carbonyl (C=O) groups excluding carboxylic acids is 1. The second-order valence-corrected chi connectivity index (χ2v) is 4.99. The summed E-state index contributed by atoms with van der Waals surface area (Å²) in [6, 6.07) is 0. The fraction of sp³-hybridized carbons (Fsp3) is 0.556. The van der Waals surface area contributed by atoms with Crippen molar-refractivity contribution >= 4 is 34.1 Å². The van der Waals surface area contributed by atoms with E-state index in [1.807, 2.05) is 0 Å². The van der Waals surface area contributed by atoms with E-state index >= 15 is 0 Å². The van der Waals surface area contributed by atoms with Crippen LogP contribution in [0.1, 0.15) is 17.4 Å². The summed E-state index contributed by atoms with van der Waals surface area (Å²) in [5, 5.41) is 3.17. The fourth-order valence-electron chi connectivity index (χ4n) is 1.05. The maximum absolute atomic E-state index is 11.9. The molecule has 18 heavy (non-hydrogen) atoms. The summed E-state index contributed by atoms with van der Waals surface area (Å²) in [5.41, 5.74) is -2.69. The summed E-state index contributed by atoms with van der Waals surface area (Å²) in [6.45, 7) is 1.98. The Kier molecular flexibility index (Phi) is 5.73. The summed E-state index contributed by atoms with van der Waals surface area (Å²) in [4.78, 5) is 15.2. The van der Waals surface area contributed by atoms with Crippen LogP contribution in [0.3, 0.4) is 0 Å². The number of hydrogen-bond donors (Lipinski definition) is 1. The summed E-state index contributed by atoms with van der Waals surface area (Å²) in [7, 11) is 0. The predicted molar refractivity (Wildman–Crippen MR) is 65.1 cm³/mol. The van der Waals surface area contributed by atoms with Gasteiger partial charge in [0.25, 0.3) is 0 Å². The predicted octanol–water partition coefficient (Wildman–Crippen LogP) is 2.98. The quantitative estimate of drug-likeness (QED) is 0.646. The van der Waals surface area contributed by atoms with E-state index < -0.39 is 11.5 Å². The average Bonchev–Trinajstić information content (AvgIpc) is 2.71. The van der Waals surface area contributed by atoms with Gasteiger partial charge in [0.2, 0.25) is 0 Å². The molecule has 1 rings (SSSR count). The van der Waals surface area contributed by atoms with Gasteiger partial charge in [-0.05, 0) is 18.7 Å². The Balaban J connectivity index is 2.43. The number of hydrogen-bond acceptors (Lipinski definition) is 6. The molecule has 0 saturated carbocycles. The molecule has 0 aliphatic rings. The monoisotopic (exact) mass is 300 g/mol. The third kappa shape index (κ3) is 5.13. The van der Waals surface area contributed by atoms with E-state index in [0.29, 0.717) is 5.00 Å². The standard InChI is InChI=1S/C9H11F3N2O2S2/c1-2-16-8(15)6-7(17-5-14-6)13-3-4-18-9(10,11)12/h5,13H,2-4H2,1H3. The van der Waals surface area contributed by atoms with Gasteiger partial charge in [0.1, 0.15) is 5.00 Å². The van der Waals surface area contributed by atoms with Crippen LogP contribution in [-0.2, 0) is 4.74 Å². The molecule has 0 aromatic carbocycles. The first-order valence-corrected chi connectivity index (χ1v) is 6.85. The van der Waals surface area contributed by atoms with Crippen molar-refractivity contribution in [2.24, 2.45) is 0 Å². The minimum absolute atomic E-state index is 0.0960. The van der Waals surface area contributed by atoms with Gasteiger partial charge in [0.05, 0.1) is 12.1 Å². The van der Waals surface area contributed by atoms with E-state index in [4.69, 9.17) is 4.74 Å². The third-order valence-corrected chi connectivity index (χ3v) is 3.21. The summed E-state index contributed by atoms with van der Waals surface area (Å²) in [5.74, 6) is -0.714. The first-order chi connectivity index (χ1) is 8.44. The molecular weight excluding hydrogens is 289 g/mol. The molecule has 102 valence electrons. The normalized spacial score (nSPS) is 11.3. The van der Waals surface area contributed by atoms with Crippen molar-refractivity contribution in [2.45, 2.75) is 12.4 Å². The van der Waals surface area contributed by atoms with Gasteiger partial charge in [-0.1, -0.05) is 0 Å². The molecule has 1 N–H and O–H groups in total. The van der Waals surface area contributed by atoms with Crippen LogP contribution in [0.5, 0.6) is 0 Å². The van der Waals surface area contributed by atoms with Gasteiger partial charge in [-0.2, -0.15) is 13.2 Å². The van der Waals surface area contributed by atoms with Crippen molar-refractivity contribution in [3.05, 3.63) is 11.2 Å². The largest absolute Gasteiger partial charge is 0.461 e. The summed E-state index contributed by atoms with van der Waals surface area (Å²) in [6.07, 6.45) is 0. The molecule has 1 aromatic heterocycles. The zero-order valence-electron chi connectivity index (χ0n) is 9.41. The molecule has 0 spiro atoms. The number of esters is 1. The van der Waals surface area contributed by atoms with Gasteiger partial charge < -0.3 is 10.1 Å². The van der Waals surface area contributed by atoms with E-state index in [9.17, 15) is 18.0 Å². The number of ether oxygens (including phenoxy) is 1. The maximum atomic E-state index is 11.9. The van der Waals surface area contributed by atoms with Crippen LogP contribution >= 0.6 is 23.1 Å². The topological polar surface area (TPSA) is 51.2 Å². The minimum atomic E-state index is -4.24. The number of thioether (sulfide) groups is 1. The number of aromatic nitrogens is 1. The molecule has 0 aliphatic heterocycles. The lowest BCUT2D eigenvalue weighted by Gasteiger charge is -2.07. The number of carbonyl (C=O) groups is 1. The van der Waals surface area contributed by atoms with Crippen molar-refractivity contribution in [3.8, 4) is 0 Å². The number of thiazole rings is 1. The Morgan fingerprint density at radius 3 is 2.94 bits per heavy atom. The highest BCUT2D eigenvalue weighted by atomic mass is 32.2. The molecule has 9 heteroatoms. The first kappa shape index (κ1) is 15.1. The second kappa shape index (κ2) is 6.83. The number of halogens is 3. The van der Waals surface area contributed by atoms with Crippen molar-refractivity contribution in [3.63, 3.8) is 0 Å². The van der Waals surface area contributed by atoms with Crippen molar-refractivity contribution in [1.29, 1.82) is 0 Å². The number of alkyl halides is 3. The second-order valence-electron chi connectivity index (χ2n) is 2.97. The van der Waals surface area contributed by atoms with Crippen LogP contribution < -0.4 is 5.32 Å². The average molecular weight is 300 g/mol. The third-order valence-electron chi connectivity index (χ3n) is 1.69. The van der Waals surface area contributed by atoms with Crippen molar-refractivity contribution < 1.29 is 22.7 Å². The smallest absolute Gasteiger partial charge is 0.441 e. The Morgan fingerprint density at radius 1 is 1.61 bits per heavy atom. The zero-order chi connectivity index (χ0) is 13.6. The lowest BCUT2D eigenvalue weighted by Crippen LogP contribution is -2.12. The SMILES string of the molecule is CCOC(=O)c1ncsc1NCCSC(F)(F)F. The number of rotatable bonds is 6. The Morgan fingerprint density at radius 2 is 2.33 bits per heavy atom. The van der Waals surface area contributed by atoms with Gasteiger partial charge in [-0.3, -0.25) is 0 Å². The first-order valence-electron chi connectivity index (χ1n) is 4.99. The molecule has 0 radical (unpaired) electrons. The maximum Gasteiger partial charge on any atom is 0.441 e. The van der Waals surface area contributed by atoms with Gasteiger partial charge in [0.15, 0.2) is 5.69 Å². The molecule has 0 amide bonds. The van der Waals surface area contributed by atoms with Crippen LogP contribution in [0, 0.1) is 0 Å². The van der Waals surface area contributed by atoms with Crippen LogP contribution in [0.4, 0.5) is 18.2 Å². The van der Waals surface area contributed by atoms with Gasteiger partial charge in [-0.15, -0.1) is 11.3 Å². The highest BCUT2D eigenvalue weighted by Crippen LogP contribution is 2.30. The van der Waals surface area contributed by atoms with Crippen molar-refractivity contribution in [2.75, 3.05) is 24.2 Å². The van der Waals surface area contributed by atoms with E-state index in [0.717, 1.165) is 11.3 Å². The van der Waals surface area contributed by atoms with Crippen LogP contribution in [-0.4, -0.2) is 35.4 Å². The zero-order valence-corrected chi connectivity index (χ0v) is 11.0. The minimum Gasteiger partial charge on any atom is -0.461 e. The lowest BCUT2D eigenvalue weighted by atomic mass is 10.4. The van der Waals surface area contributed by atoms with Gasteiger partial charge in [-0.25, -0.2) is 9.78 Å². The van der Waals surface area contributed by atoms with E-state index in [1.165, 1.54) is 5.51 Å². The van der Waals surface area contributed by atoms with Crippen LogP contribution in [0.15, 0.2) is 5.51 Å². The molecule has 0 aliphatic carbocycles. The fourth-order valence-corrected chi connectivity index (χ4v) is 2.18. The molecular formula is C9H11F3N2O2S2. The van der Waals surface area contributed by atoms with Gasteiger partial charge >= 0.3 is 11.5 Å². The highest BCUT2D eigenvalue weighted by molar-refractivity contribution is 8.00. The molecule has 0 fully saturated rings. The van der Waals surface area contributed by atoms with Crippen molar-refractivity contribution in [1.82, 2.24) is 4.98 Å². The summed E-state index contributed by atoms with van der Waals surface area (Å²) >= 11 is 1.03. The van der Waals surface area contributed by atoms with Crippen LogP contribution in [0.2, 0.25) is 0 Å². The summed E-state index contributed by atoms with van der Waals surface area (Å²) < 4.78 is 40.4. The Labute approximate surface area is 110 Å². The van der Waals surface area contributed by atoms with Gasteiger partial charge in [0, 0.05) is 12.3 Å². The Hall–Kier alpha value is -0.960. The van der Waals surface area contributed by atoms with E-state index in [2.05, 4.69) is 10.3 Å². The highest BCUT2D eigenvalue weighted by Gasteiger charge is 2.27. The molecule has 1 heterocycles. The molecule has 0 bridgehead atoms. The lowest BCUT2D eigenvalue weighted by molar-refractivity contribution is -0.0327. The molecule has 0 atom stereocenters. The Bertz CT molecular complexity index is 395. The number of nitrogens with zero attached hydrogens (tertiary/aromatic N) is 1. The van der Waals surface area contributed by atoms with E-state index in [-0.39, 0.29) is 36.4 Å².